The second-order valence-electron chi connectivity index (χ2n) is 5.68. The molecule has 0 spiro atoms. The van der Waals surface area contributed by atoms with Gasteiger partial charge in [0.05, 0.1) is 0 Å². The lowest BCUT2D eigenvalue weighted by atomic mass is 9.93. The molecule has 0 atom stereocenters. The minimum atomic E-state index is 0.249. The molecule has 0 aliphatic rings. The van der Waals surface area contributed by atoms with Crippen molar-refractivity contribution >= 4 is 21.5 Å². The number of hydrogen-bond acceptors (Lipinski definition) is 2. The van der Waals surface area contributed by atoms with Gasteiger partial charge in [0.2, 0.25) is 0 Å². The number of benzene rings is 3. The topological polar surface area (TPSA) is 40.5 Å². The molecule has 2 N–H and O–H groups in total. The van der Waals surface area contributed by atoms with Crippen molar-refractivity contribution in [3.05, 3.63) is 48.0 Å². The van der Waals surface area contributed by atoms with E-state index in [0.29, 0.717) is 16.7 Å². The number of hydrogen-bond donors (Lipinski definition) is 2. The zero-order valence-electron chi connectivity index (χ0n) is 11.7. The lowest BCUT2D eigenvalue weighted by molar-refractivity contribution is 0.478. The third kappa shape index (κ3) is 1.88. The van der Waals surface area contributed by atoms with E-state index in [0.717, 1.165) is 22.8 Å². The summed E-state index contributed by atoms with van der Waals surface area (Å²) in [5, 5.41) is 24.0. The summed E-state index contributed by atoms with van der Waals surface area (Å²) in [6, 6.07) is 13.2. The van der Waals surface area contributed by atoms with Gasteiger partial charge in [-0.2, -0.15) is 0 Å². The van der Waals surface area contributed by atoms with Crippen LogP contribution in [0.1, 0.15) is 19.4 Å². The van der Waals surface area contributed by atoms with Gasteiger partial charge < -0.3 is 10.2 Å². The highest BCUT2D eigenvalue weighted by Gasteiger charge is 2.15. The largest absolute Gasteiger partial charge is 0.507 e. The van der Waals surface area contributed by atoms with Crippen LogP contribution in [0.3, 0.4) is 0 Å². The Morgan fingerprint density at radius 1 is 0.800 bits per heavy atom. The number of phenolic OH excluding ortho intramolecular Hbond substituents is 2. The fourth-order valence-electron chi connectivity index (χ4n) is 2.86. The number of phenols is 2. The van der Waals surface area contributed by atoms with E-state index < -0.39 is 0 Å². The maximum Gasteiger partial charge on any atom is 0.131 e. The van der Waals surface area contributed by atoms with Crippen molar-refractivity contribution in [2.24, 2.45) is 5.92 Å². The zero-order chi connectivity index (χ0) is 14.3. The van der Waals surface area contributed by atoms with E-state index in [1.165, 1.54) is 0 Å². The molecule has 0 aliphatic carbocycles. The number of fused-ring (bicyclic) bond motifs is 2. The van der Waals surface area contributed by atoms with Crippen LogP contribution in [0.2, 0.25) is 0 Å². The highest BCUT2D eigenvalue weighted by Crippen LogP contribution is 2.42. The first kappa shape index (κ1) is 12.8. The van der Waals surface area contributed by atoms with Gasteiger partial charge >= 0.3 is 0 Å². The van der Waals surface area contributed by atoms with Gasteiger partial charge in [-0.25, -0.2) is 0 Å². The lowest BCUT2D eigenvalue weighted by Gasteiger charge is -2.14. The van der Waals surface area contributed by atoms with E-state index in [9.17, 15) is 10.2 Å². The highest BCUT2D eigenvalue weighted by molar-refractivity contribution is 6.11. The molecule has 0 saturated carbocycles. The van der Waals surface area contributed by atoms with Crippen LogP contribution in [0.15, 0.2) is 42.5 Å². The minimum absolute atomic E-state index is 0.249. The van der Waals surface area contributed by atoms with E-state index in [1.54, 1.807) is 0 Å². The molecule has 2 nitrogen and oxygen atoms in total. The van der Waals surface area contributed by atoms with Crippen LogP contribution >= 0.6 is 0 Å². The highest BCUT2D eigenvalue weighted by atomic mass is 16.3. The van der Waals surface area contributed by atoms with E-state index in [4.69, 9.17) is 0 Å². The van der Waals surface area contributed by atoms with E-state index in [-0.39, 0.29) is 11.5 Å². The van der Waals surface area contributed by atoms with Gasteiger partial charge in [0.15, 0.2) is 0 Å². The summed E-state index contributed by atoms with van der Waals surface area (Å²) < 4.78 is 0. The molecule has 0 heterocycles. The smallest absolute Gasteiger partial charge is 0.131 e. The Morgan fingerprint density at radius 2 is 1.40 bits per heavy atom. The Bertz CT molecular complexity index is 788. The summed E-state index contributed by atoms with van der Waals surface area (Å²) in [6.07, 6.45) is 0.878. The van der Waals surface area contributed by atoms with Crippen LogP contribution in [0.5, 0.6) is 11.5 Å². The molecule has 102 valence electrons. The predicted molar refractivity (Wildman–Crippen MR) is 83.3 cm³/mol. The maximum atomic E-state index is 10.6. The van der Waals surface area contributed by atoms with Gasteiger partial charge in [0, 0.05) is 21.5 Å². The van der Waals surface area contributed by atoms with Gasteiger partial charge in [-0.05, 0) is 17.9 Å². The average Bonchev–Trinajstić information content (AvgIpc) is 2.44. The first-order chi connectivity index (χ1) is 9.59. The summed E-state index contributed by atoms with van der Waals surface area (Å²) in [7, 11) is 0. The summed E-state index contributed by atoms with van der Waals surface area (Å²) in [5.41, 5.74) is 1.08. The van der Waals surface area contributed by atoms with Crippen molar-refractivity contribution in [1.29, 1.82) is 0 Å². The first-order valence-electron chi connectivity index (χ1n) is 6.94. The quantitative estimate of drug-likeness (QED) is 0.525. The summed E-state index contributed by atoms with van der Waals surface area (Å²) in [6.45, 7) is 4.30. The van der Waals surface area contributed by atoms with E-state index in [1.807, 2.05) is 42.5 Å². The van der Waals surface area contributed by atoms with Gasteiger partial charge in [-0.1, -0.05) is 56.3 Å². The second-order valence-corrected chi connectivity index (χ2v) is 5.68. The predicted octanol–water partition coefficient (Wildman–Crippen LogP) is 4.60. The van der Waals surface area contributed by atoms with Crippen molar-refractivity contribution in [2.75, 3.05) is 0 Å². The monoisotopic (exact) mass is 266 g/mol. The van der Waals surface area contributed by atoms with Crippen LogP contribution in [0.25, 0.3) is 21.5 Å². The molecule has 0 aromatic heterocycles. The molecule has 3 rings (SSSR count). The second kappa shape index (κ2) is 4.71. The normalized spacial score (nSPS) is 11.6. The van der Waals surface area contributed by atoms with Gasteiger partial charge in [-0.15, -0.1) is 0 Å². The van der Waals surface area contributed by atoms with Crippen LogP contribution in [0, 0.1) is 5.92 Å². The van der Waals surface area contributed by atoms with Crippen LogP contribution in [-0.2, 0) is 6.42 Å². The van der Waals surface area contributed by atoms with Crippen molar-refractivity contribution in [3.63, 3.8) is 0 Å². The molecule has 0 aliphatic heterocycles. The Labute approximate surface area is 118 Å². The molecular weight excluding hydrogens is 248 g/mol. The molecule has 0 amide bonds. The number of rotatable bonds is 2. The molecule has 20 heavy (non-hydrogen) atoms. The summed E-state index contributed by atoms with van der Waals surface area (Å²) in [4.78, 5) is 0. The molecule has 0 radical (unpaired) electrons. The molecule has 2 heteroatoms. The summed E-state index contributed by atoms with van der Waals surface area (Å²) in [5.74, 6) is 1.01. The molecular formula is C18H18O2. The van der Waals surface area contributed by atoms with Crippen molar-refractivity contribution in [1.82, 2.24) is 0 Å². The maximum absolute atomic E-state index is 10.6. The van der Waals surface area contributed by atoms with Gasteiger partial charge in [0.1, 0.15) is 11.5 Å². The van der Waals surface area contributed by atoms with Crippen molar-refractivity contribution in [3.8, 4) is 11.5 Å². The van der Waals surface area contributed by atoms with E-state index in [2.05, 4.69) is 13.8 Å². The molecule has 0 saturated heterocycles. The fourth-order valence-corrected chi connectivity index (χ4v) is 2.86. The molecule has 3 aromatic rings. The third-order valence-electron chi connectivity index (χ3n) is 3.71. The van der Waals surface area contributed by atoms with Gasteiger partial charge in [0.25, 0.3) is 0 Å². The third-order valence-corrected chi connectivity index (χ3v) is 3.71. The first-order valence-corrected chi connectivity index (χ1v) is 6.94. The number of aromatic hydroxyl groups is 2. The molecule has 0 unspecified atom stereocenters. The Morgan fingerprint density at radius 3 is 2.05 bits per heavy atom. The molecule has 3 aromatic carbocycles. The fraction of sp³-hybridized carbons (Fsp3) is 0.222. The summed E-state index contributed by atoms with van der Waals surface area (Å²) >= 11 is 0. The Hall–Kier alpha value is -2.22. The lowest BCUT2D eigenvalue weighted by Crippen LogP contribution is -1.95. The van der Waals surface area contributed by atoms with Crippen LogP contribution in [0.4, 0.5) is 0 Å². The van der Waals surface area contributed by atoms with Crippen LogP contribution < -0.4 is 0 Å². The van der Waals surface area contributed by atoms with Crippen molar-refractivity contribution in [2.45, 2.75) is 20.3 Å². The average molecular weight is 266 g/mol. The van der Waals surface area contributed by atoms with Gasteiger partial charge in [-0.3, -0.25) is 0 Å². The molecule has 0 fully saturated rings. The Balaban J connectivity index is 2.46. The SMILES string of the molecule is CC(C)Cc1cccc2c(O)c3ccccc3c(O)c12. The zero-order valence-corrected chi connectivity index (χ0v) is 11.7. The molecule has 0 bridgehead atoms. The minimum Gasteiger partial charge on any atom is -0.507 e. The van der Waals surface area contributed by atoms with E-state index >= 15 is 0 Å². The van der Waals surface area contributed by atoms with Crippen molar-refractivity contribution < 1.29 is 10.2 Å². The standard InChI is InChI=1S/C18H18O2/c1-11(2)10-12-6-5-9-15-16(12)18(20)14-8-4-3-7-13(14)17(15)19/h3-9,11,19-20H,10H2,1-2H3. The Kier molecular flexibility index (Phi) is 3.01. The van der Waals surface area contributed by atoms with Crippen LogP contribution in [-0.4, -0.2) is 10.2 Å².